The largest absolute Gasteiger partial charge is 0.414 e. The third-order valence-corrected chi connectivity index (χ3v) is 18.0. The molecule has 0 saturated carbocycles. The summed E-state index contributed by atoms with van der Waals surface area (Å²) in [7, 11) is -4.53. The molecule has 4 nitrogen and oxygen atoms in total. The number of hydrogen-bond donors (Lipinski definition) is 2. The van der Waals surface area contributed by atoms with E-state index in [-0.39, 0.29) is 16.7 Å². The van der Waals surface area contributed by atoms with Crippen LogP contribution < -0.4 is 10.4 Å². The van der Waals surface area contributed by atoms with Crippen LogP contribution in [0, 0.1) is 5.92 Å². The fourth-order valence-corrected chi connectivity index (χ4v) is 10.5. The molecule has 0 amide bonds. The molecule has 0 aliphatic carbocycles. The summed E-state index contributed by atoms with van der Waals surface area (Å²) in [5, 5.41) is 24.4. The molecule has 214 valence electrons. The molecular weight excluding hydrogens is 505 g/mol. The van der Waals surface area contributed by atoms with Gasteiger partial charge < -0.3 is 19.1 Å². The third-order valence-electron chi connectivity index (χ3n) is 8.51. The molecule has 2 N–H and O–H groups in total. The van der Waals surface area contributed by atoms with Crippen molar-refractivity contribution in [3.63, 3.8) is 0 Å². The van der Waals surface area contributed by atoms with Crippen LogP contribution in [0.4, 0.5) is 0 Å². The fraction of sp³-hybridized carbons (Fsp3) is 0.625. The number of aliphatic hydroxyl groups is 2. The van der Waals surface area contributed by atoms with Gasteiger partial charge >= 0.3 is 0 Å². The first kappa shape index (κ1) is 32.9. The van der Waals surface area contributed by atoms with E-state index in [2.05, 4.69) is 122 Å². The molecule has 0 aromatic heterocycles. The first-order chi connectivity index (χ1) is 17.4. The van der Waals surface area contributed by atoms with E-state index in [1.54, 1.807) is 6.92 Å². The second-order valence-electron chi connectivity index (χ2n) is 13.9. The number of rotatable bonds is 13. The Morgan fingerprint density at radius 1 is 0.737 bits per heavy atom. The molecule has 2 rings (SSSR count). The van der Waals surface area contributed by atoms with E-state index in [1.807, 2.05) is 0 Å². The van der Waals surface area contributed by atoms with Crippen LogP contribution in [-0.4, -0.2) is 51.8 Å². The van der Waals surface area contributed by atoms with E-state index in [0.717, 1.165) is 12.8 Å². The van der Waals surface area contributed by atoms with Crippen LogP contribution in [0.2, 0.25) is 23.2 Å². The van der Waals surface area contributed by atoms with Crippen molar-refractivity contribution in [1.29, 1.82) is 0 Å². The molecule has 0 fully saturated rings. The lowest BCUT2D eigenvalue weighted by Gasteiger charge is -2.43. The van der Waals surface area contributed by atoms with Crippen molar-refractivity contribution >= 4 is 27.0 Å². The quantitative estimate of drug-likeness (QED) is 0.275. The van der Waals surface area contributed by atoms with E-state index in [1.165, 1.54) is 10.4 Å². The fourth-order valence-electron chi connectivity index (χ4n) is 4.77. The van der Waals surface area contributed by atoms with Gasteiger partial charge in [0.2, 0.25) is 0 Å². The number of hydrogen-bond acceptors (Lipinski definition) is 4. The topological polar surface area (TPSA) is 58.9 Å². The Morgan fingerprint density at radius 3 is 1.63 bits per heavy atom. The third kappa shape index (κ3) is 8.12. The lowest BCUT2D eigenvalue weighted by molar-refractivity contribution is -0.0864. The summed E-state index contributed by atoms with van der Waals surface area (Å²) in [6.45, 7) is 22.6. The van der Waals surface area contributed by atoms with E-state index >= 15 is 0 Å². The van der Waals surface area contributed by atoms with Crippen LogP contribution in [0.25, 0.3) is 0 Å². The maximum absolute atomic E-state index is 11.0. The minimum absolute atomic E-state index is 0.0483. The summed E-state index contributed by atoms with van der Waals surface area (Å²) in [6.07, 6.45) is 1.36. The minimum Gasteiger partial charge on any atom is -0.414 e. The summed E-state index contributed by atoms with van der Waals surface area (Å²) in [4.78, 5) is 0. The smallest absolute Gasteiger partial charge is 0.261 e. The van der Waals surface area contributed by atoms with Gasteiger partial charge in [0.1, 0.15) is 6.10 Å². The van der Waals surface area contributed by atoms with Gasteiger partial charge in [-0.05, 0) is 59.2 Å². The van der Waals surface area contributed by atoms with E-state index in [9.17, 15) is 10.2 Å². The van der Waals surface area contributed by atoms with Crippen molar-refractivity contribution in [2.45, 2.75) is 110 Å². The molecule has 0 aliphatic heterocycles. The molecule has 0 heterocycles. The second-order valence-corrected chi connectivity index (χ2v) is 23.0. The monoisotopic (exact) mass is 558 g/mol. The maximum atomic E-state index is 11.0. The zero-order valence-electron chi connectivity index (χ0n) is 25.7. The normalized spacial score (nSPS) is 16.6. The van der Waals surface area contributed by atoms with Gasteiger partial charge in [0.25, 0.3) is 8.32 Å². The van der Waals surface area contributed by atoms with Crippen molar-refractivity contribution in [1.82, 2.24) is 0 Å². The maximum Gasteiger partial charge on any atom is 0.261 e. The molecule has 0 saturated heterocycles. The predicted molar refractivity (Wildman–Crippen MR) is 166 cm³/mol. The van der Waals surface area contributed by atoms with Gasteiger partial charge in [0.15, 0.2) is 8.32 Å². The van der Waals surface area contributed by atoms with Crippen molar-refractivity contribution < 1.29 is 19.1 Å². The average Bonchev–Trinajstić information content (AvgIpc) is 2.82. The average molecular weight is 559 g/mol. The van der Waals surface area contributed by atoms with E-state index in [4.69, 9.17) is 8.85 Å². The van der Waals surface area contributed by atoms with Gasteiger partial charge in [-0.25, -0.2) is 0 Å². The predicted octanol–water partition coefficient (Wildman–Crippen LogP) is 6.50. The van der Waals surface area contributed by atoms with Gasteiger partial charge in [0.05, 0.1) is 12.2 Å². The molecule has 38 heavy (non-hydrogen) atoms. The van der Waals surface area contributed by atoms with Crippen molar-refractivity contribution in [2.75, 3.05) is 13.2 Å². The van der Waals surface area contributed by atoms with Crippen molar-refractivity contribution in [2.24, 2.45) is 5.92 Å². The van der Waals surface area contributed by atoms with Crippen molar-refractivity contribution in [3.05, 3.63) is 60.7 Å². The van der Waals surface area contributed by atoms with Gasteiger partial charge in [-0.3, -0.25) is 0 Å². The Bertz CT molecular complexity index is 923. The van der Waals surface area contributed by atoms with Gasteiger partial charge in [0, 0.05) is 6.61 Å². The molecule has 1 unspecified atom stereocenters. The van der Waals surface area contributed by atoms with Gasteiger partial charge in [-0.15, -0.1) is 0 Å². The zero-order valence-corrected chi connectivity index (χ0v) is 27.7. The van der Waals surface area contributed by atoms with Crippen LogP contribution in [-0.2, 0) is 8.85 Å². The minimum atomic E-state index is -2.55. The zero-order chi connectivity index (χ0) is 28.8. The molecule has 0 aliphatic rings. The Hall–Kier alpha value is -1.29. The van der Waals surface area contributed by atoms with E-state index < -0.39 is 28.3 Å². The standard InChI is InChI=1S/C32H54O4Si2/c1-26(18-17-23-32(8,34)29(33)25-35-37(9,10)30(2,3)4)24-36-38(31(5,6)7,27-19-13-11-14-20-27)28-21-15-12-16-22-28/h11-16,19-22,26,29,33-34H,17-18,23-25H2,1-10H3/t26?,29-,32+/m1/s1. The molecule has 2 aromatic rings. The SMILES string of the molecule is CC(CCC[C@](C)(O)[C@H](O)CO[Si](C)(C)C(C)(C)C)CO[Si](c1ccccc1)(c1ccccc1)C(C)(C)C. The van der Waals surface area contributed by atoms with E-state index in [0.29, 0.717) is 18.9 Å². The first-order valence-electron chi connectivity index (χ1n) is 14.2. The number of aliphatic hydroxyl groups excluding tert-OH is 1. The Labute approximate surface area is 235 Å². The number of benzene rings is 2. The van der Waals surface area contributed by atoms with Crippen LogP contribution in [0.1, 0.15) is 74.7 Å². The molecule has 2 aromatic carbocycles. The van der Waals surface area contributed by atoms with Gasteiger partial charge in [-0.1, -0.05) is 116 Å². The summed E-state index contributed by atoms with van der Waals surface area (Å²) in [5.74, 6) is 0.327. The van der Waals surface area contributed by atoms with Crippen LogP contribution in [0.3, 0.4) is 0 Å². The summed E-state index contributed by atoms with van der Waals surface area (Å²) < 4.78 is 13.3. The molecule has 0 spiro atoms. The van der Waals surface area contributed by atoms with Crippen LogP contribution >= 0.6 is 0 Å². The Morgan fingerprint density at radius 2 is 1.21 bits per heavy atom. The molecule has 0 bridgehead atoms. The van der Waals surface area contributed by atoms with Crippen LogP contribution in [0.5, 0.6) is 0 Å². The lowest BCUT2D eigenvalue weighted by atomic mass is 9.91. The first-order valence-corrected chi connectivity index (χ1v) is 19.0. The summed E-state index contributed by atoms with van der Waals surface area (Å²) >= 11 is 0. The molecular formula is C32H54O4Si2. The molecule has 0 radical (unpaired) electrons. The highest BCUT2D eigenvalue weighted by molar-refractivity contribution is 6.99. The van der Waals surface area contributed by atoms with Gasteiger partial charge in [-0.2, -0.15) is 0 Å². The Balaban J connectivity index is 2.05. The highest BCUT2D eigenvalue weighted by atomic mass is 28.4. The summed E-state index contributed by atoms with van der Waals surface area (Å²) in [6, 6.07) is 21.5. The molecule has 3 atom stereocenters. The second kappa shape index (κ2) is 12.9. The van der Waals surface area contributed by atoms with Crippen LogP contribution in [0.15, 0.2) is 60.7 Å². The highest BCUT2D eigenvalue weighted by Gasteiger charge is 2.50. The Kier molecular flexibility index (Phi) is 11.2. The van der Waals surface area contributed by atoms with Crippen molar-refractivity contribution in [3.8, 4) is 0 Å². The lowest BCUT2D eigenvalue weighted by Crippen LogP contribution is -2.66. The summed E-state index contributed by atoms with van der Waals surface area (Å²) in [5.41, 5.74) is -1.18. The molecule has 6 heteroatoms. The highest BCUT2D eigenvalue weighted by Crippen LogP contribution is 2.38.